The Balaban J connectivity index is 1.75. The quantitative estimate of drug-likeness (QED) is 0.768. The highest BCUT2D eigenvalue weighted by Gasteiger charge is 2.30. The number of aromatic nitrogens is 4. The molecule has 0 spiro atoms. The SMILES string of the molecule is Cc1nc2cc(C3CCCCN3C(=O)c3ccncc3)[nH]n2c(=O)c1C. The van der Waals surface area contributed by atoms with Crippen molar-refractivity contribution in [1.29, 1.82) is 0 Å². The van der Waals surface area contributed by atoms with Gasteiger partial charge in [-0.2, -0.15) is 0 Å². The summed E-state index contributed by atoms with van der Waals surface area (Å²) >= 11 is 0. The lowest BCUT2D eigenvalue weighted by molar-refractivity contribution is 0.0605. The van der Waals surface area contributed by atoms with E-state index >= 15 is 0 Å². The molecule has 4 rings (SSSR count). The van der Waals surface area contributed by atoms with Gasteiger partial charge < -0.3 is 4.90 Å². The summed E-state index contributed by atoms with van der Waals surface area (Å²) in [5, 5.41) is 3.17. The van der Waals surface area contributed by atoms with Gasteiger partial charge in [0.05, 0.1) is 11.7 Å². The van der Waals surface area contributed by atoms with Crippen molar-refractivity contribution in [2.45, 2.75) is 39.2 Å². The molecule has 1 aliphatic heterocycles. The first-order valence-electron chi connectivity index (χ1n) is 8.86. The molecule has 0 saturated carbocycles. The van der Waals surface area contributed by atoms with Crippen LogP contribution in [-0.2, 0) is 0 Å². The first-order valence-corrected chi connectivity index (χ1v) is 8.86. The van der Waals surface area contributed by atoms with Gasteiger partial charge in [-0.25, -0.2) is 9.50 Å². The van der Waals surface area contributed by atoms with Crippen LogP contribution in [0.1, 0.15) is 52.6 Å². The monoisotopic (exact) mass is 351 g/mol. The topological polar surface area (TPSA) is 83.4 Å². The Morgan fingerprint density at radius 3 is 2.77 bits per heavy atom. The average Bonchev–Trinajstić information content (AvgIpc) is 3.10. The van der Waals surface area contributed by atoms with Crippen molar-refractivity contribution in [2.24, 2.45) is 0 Å². The van der Waals surface area contributed by atoms with Crippen LogP contribution in [0.4, 0.5) is 0 Å². The Hall–Kier alpha value is -2.96. The Kier molecular flexibility index (Phi) is 4.06. The zero-order valence-corrected chi connectivity index (χ0v) is 14.9. The molecule has 1 saturated heterocycles. The number of piperidine rings is 1. The minimum Gasteiger partial charge on any atom is -0.330 e. The van der Waals surface area contributed by atoms with Gasteiger partial charge in [-0.3, -0.25) is 19.7 Å². The molecule has 134 valence electrons. The van der Waals surface area contributed by atoms with Gasteiger partial charge in [0.2, 0.25) is 0 Å². The molecule has 1 amide bonds. The Morgan fingerprint density at radius 2 is 2.00 bits per heavy atom. The van der Waals surface area contributed by atoms with Crippen molar-refractivity contribution >= 4 is 11.6 Å². The van der Waals surface area contributed by atoms with E-state index in [0.717, 1.165) is 30.7 Å². The first kappa shape index (κ1) is 16.5. The summed E-state index contributed by atoms with van der Waals surface area (Å²) in [6, 6.07) is 5.26. The molecule has 0 aromatic carbocycles. The van der Waals surface area contributed by atoms with Gasteiger partial charge in [-0.15, -0.1) is 0 Å². The molecule has 3 aromatic rings. The van der Waals surface area contributed by atoms with Gasteiger partial charge in [-0.05, 0) is 45.2 Å². The summed E-state index contributed by atoms with van der Waals surface area (Å²) in [7, 11) is 0. The molecular formula is C19H21N5O2. The summed E-state index contributed by atoms with van der Waals surface area (Å²) in [6.07, 6.45) is 6.13. The van der Waals surface area contributed by atoms with Gasteiger partial charge in [0.15, 0.2) is 5.65 Å². The molecule has 26 heavy (non-hydrogen) atoms. The van der Waals surface area contributed by atoms with Crippen LogP contribution in [0.25, 0.3) is 5.65 Å². The highest BCUT2D eigenvalue weighted by molar-refractivity contribution is 5.94. The third kappa shape index (κ3) is 2.69. The maximum atomic E-state index is 13.0. The maximum absolute atomic E-state index is 13.0. The lowest BCUT2D eigenvalue weighted by Gasteiger charge is -2.35. The number of fused-ring (bicyclic) bond motifs is 1. The fourth-order valence-corrected chi connectivity index (χ4v) is 3.57. The molecule has 1 N–H and O–H groups in total. The number of H-pyrrole nitrogens is 1. The number of aryl methyl sites for hydroxylation is 1. The second-order valence-electron chi connectivity index (χ2n) is 6.78. The Bertz CT molecular complexity index is 1020. The zero-order chi connectivity index (χ0) is 18.3. The minimum atomic E-state index is -0.0958. The number of carbonyl (C=O) groups is 1. The summed E-state index contributed by atoms with van der Waals surface area (Å²) in [6.45, 7) is 4.31. The smallest absolute Gasteiger partial charge is 0.275 e. The van der Waals surface area contributed by atoms with E-state index in [0.29, 0.717) is 23.3 Å². The third-order valence-electron chi connectivity index (χ3n) is 5.15. The van der Waals surface area contributed by atoms with Crippen LogP contribution in [0.15, 0.2) is 35.4 Å². The van der Waals surface area contributed by atoms with E-state index in [1.807, 2.05) is 17.9 Å². The summed E-state index contributed by atoms with van der Waals surface area (Å²) in [5.41, 5.74) is 3.33. The number of nitrogens with zero attached hydrogens (tertiary/aromatic N) is 4. The van der Waals surface area contributed by atoms with Crippen LogP contribution in [0.3, 0.4) is 0 Å². The number of rotatable bonds is 2. The van der Waals surface area contributed by atoms with E-state index in [2.05, 4.69) is 15.1 Å². The fourth-order valence-electron chi connectivity index (χ4n) is 3.57. The standard InChI is InChI=1S/C19H21N5O2/c1-12-13(2)21-17-11-15(22-24(17)18(12)25)16-5-3-4-10-23(16)19(26)14-6-8-20-9-7-14/h6-9,11,16,22H,3-5,10H2,1-2H3. The molecule has 7 nitrogen and oxygen atoms in total. The lowest BCUT2D eigenvalue weighted by Crippen LogP contribution is -2.38. The summed E-state index contributed by atoms with van der Waals surface area (Å²) in [4.78, 5) is 35.8. The van der Waals surface area contributed by atoms with Crippen LogP contribution in [0.5, 0.6) is 0 Å². The number of hydrogen-bond acceptors (Lipinski definition) is 4. The number of carbonyl (C=O) groups excluding carboxylic acids is 1. The molecule has 0 radical (unpaired) electrons. The molecule has 0 aliphatic carbocycles. The van der Waals surface area contributed by atoms with Gasteiger partial charge in [0.1, 0.15) is 0 Å². The highest BCUT2D eigenvalue weighted by Crippen LogP contribution is 2.31. The number of pyridine rings is 1. The normalized spacial score (nSPS) is 17.6. The number of amides is 1. The second-order valence-corrected chi connectivity index (χ2v) is 6.78. The van der Waals surface area contributed by atoms with Crippen molar-refractivity contribution in [3.63, 3.8) is 0 Å². The van der Waals surface area contributed by atoms with Crippen LogP contribution in [-0.4, -0.2) is 36.9 Å². The van der Waals surface area contributed by atoms with E-state index in [9.17, 15) is 9.59 Å². The average molecular weight is 351 g/mol. The maximum Gasteiger partial charge on any atom is 0.275 e. The van der Waals surface area contributed by atoms with Crippen molar-refractivity contribution < 1.29 is 4.79 Å². The molecule has 1 fully saturated rings. The predicted octanol–water partition coefficient (Wildman–Crippen LogP) is 2.40. The molecule has 1 atom stereocenters. The number of nitrogens with one attached hydrogen (secondary N) is 1. The third-order valence-corrected chi connectivity index (χ3v) is 5.15. The van der Waals surface area contributed by atoms with Gasteiger partial charge >= 0.3 is 0 Å². The van der Waals surface area contributed by atoms with Crippen molar-refractivity contribution in [2.75, 3.05) is 6.54 Å². The van der Waals surface area contributed by atoms with Crippen molar-refractivity contribution in [3.8, 4) is 0 Å². The lowest BCUT2D eigenvalue weighted by atomic mass is 9.98. The van der Waals surface area contributed by atoms with Gasteiger partial charge in [0.25, 0.3) is 11.5 Å². The number of likely N-dealkylation sites (tertiary alicyclic amines) is 1. The van der Waals surface area contributed by atoms with E-state index in [4.69, 9.17) is 0 Å². The molecule has 1 aliphatic rings. The molecule has 4 heterocycles. The zero-order valence-electron chi connectivity index (χ0n) is 14.9. The van der Waals surface area contributed by atoms with E-state index in [1.165, 1.54) is 4.52 Å². The molecule has 0 bridgehead atoms. The Morgan fingerprint density at radius 1 is 1.23 bits per heavy atom. The van der Waals surface area contributed by atoms with Gasteiger partial charge in [-0.1, -0.05) is 0 Å². The molecular weight excluding hydrogens is 330 g/mol. The second kappa shape index (κ2) is 6.40. The fraction of sp³-hybridized carbons (Fsp3) is 0.368. The van der Waals surface area contributed by atoms with Crippen LogP contribution in [0.2, 0.25) is 0 Å². The number of hydrogen-bond donors (Lipinski definition) is 1. The van der Waals surface area contributed by atoms with Gasteiger partial charge in [0, 0.05) is 41.8 Å². The van der Waals surface area contributed by atoms with E-state index in [1.54, 1.807) is 31.5 Å². The van der Waals surface area contributed by atoms with Crippen molar-refractivity contribution in [3.05, 3.63) is 63.5 Å². The predicted molar refractivity (Wildman–Crippen MR) is 97.2 cm³/mol. The summed E-state index contributed by atoms with van der Waals surface area (Å²) in [5.74, 6) is -0.0107. The van der Waals surface area contributed by atoms with Crippen LogP contribution in [0, 0.1) is 13.8 Å². The molecule has 7 heteroatoms. The molecule has 1 unspecified atom stereocenters. The summed E-state index contributed by atoms with van der Waals surface area (Å²) < 4.78 is 1.47. The van der Waals surface area contributed by atoms with E-state index < -0.39 is 0 Å². The number of aromatic amines is 1. The highest BCUT2D eigenvalue weighted by atomic mass is 16.2. The molecule has 3 aromatic heterocycles. The minimum absolute atomic E-state index is 0.0107. The van der Waals surface area contributed by atoms with E-state index in [-0.39, 0.29) is 17.5 Å². The van der Waals surface area contributed by atoms with Crippen LogP contribution < -0.4 is 5.56 Å². The largest absolute Gasteiger partial charge is 0.330 e. The van der Waals surface area contributed by atoms with Crippen molar-refractivity contribution in [1.82, 2.24) is 24.5 Å². The Labute approximate surface area is 150 Å². The van der Waals surface area contributed by atoms with Crippen LogP contribution >= 0.6 is 0 Å². The first-order chi connectivity index (χ1) is 12.6.